The lowest BCUT2D eigenvalue weighted by molar-refractivity contribution is 0.0950. The molecule has 24 heavy (non-hydrogen) atoms. The minimum absolute atomic E-state index is 0.174. The standard InChI is InChI=1S/C18H21ClN4O/c19-16-7-5-14(6-8-16)11-20-17(24)15-12-21-18(22-13-15)23-9-3-1-2-4-10-23/h5-8,12-13H,1-4,9-11H2,(H,20,24). The maximum atomic E-state index is 12.2. The monoisotopic (exact) mass is 344 g/mol. The van der Waals surface area contributed by atoms with Crippen molar-refractivity contribution in [1.82, 2.24) is 15.3 Å². The van der Waals surface area contributed by atoms with Gasteiger partial charge in [0, 0.05) is 37.1 Å². The van der Waals surface area contributed by atoms with Crippen molar-refractivity contribution in [3.8, 4) is 0 Å². The molecule has 0 atom stereocenters. The molecule has 0 radical (unpaired) electrons. The largest absolute Gasteiger partial charge is 0.348 e. The van der Waals surface area contributed by atoms with Crippen molar-refractivity contribution >= 4 is 23.5 Å². The summed E-state index contributed by atoms with van der Waals surface area (Å²) in [7, 11) is 0. The number of nitrogens with one attached hydrogen (secondary N) is 1. The van der Waals surface area contributed by atoms with Crippen LogP contribution >= 0.6 is 11.6 Å². The number of anilines is 1. The van der Waals surface area contributed by atoms with Crippen molar-refractivity contribution in [3.05, 3.63) is 52.8 Å². The molecule has 1 aromatic heterocycles. The van der Waals surface area contributed by atoms with E-state index >= 15 is 0 Å². The first-order chi connectivity index (χ1) is 11.7. The van der Waals surface area contributed by atoms with E-state index in [0.717, 1.165) is 18.7 Å². The van der Waals surface area contributed by atoms with Gasteiger partial charge in [-0.25, -0.2) is 9.97 Å². The molecule has 3 rings (SSSR count). The van der Waals surface area contributed by atoms with Crippen molar-refractivity contribution < 1.29 is 4.79 Å². The fourth-order valence-electron chi connectivity index (χ4n) is 2.76. The van der Waals surface area contributed by atoms with Crippen molar-refractivity contribution in [3.63, 3.8) is 0 Å². The molecule has 1 N–H and O–H groups in total. The van der Waals surface area contributed by atoms with Crippen LogP contribution in [0, 0.1) is 0 Å². The topological polar surface area (TPSA) is 58.1 Å². The Morgan fingerprint density at radius 3 is 2.29 bits per heavy atom. The fourth-order valence-corrected chi connectivity index (χ4v) is 2.89. The number of hydrogen-bond acceptors (Lipinski definition) is 4. The Balaban J connectivity index is 1.58. The van der Waals surface area contributed by atoms with Gasteiger partial charge in [-0.2, -0.15) is 0 Å². The van der Waals surface area contributed by atoms with Gasteiger partial charge in [-0.3, -0.25) is 4.79 Å². The molecule has 1 saturated heterocycles. The zero-order chi connectivity index (χ0) is 16.8. The summed E-state index contributed by atoms with van der Waals surface area (Å²) in [4.78, 5) is 23.1. The Bertz CT molecular complexity index is 664. The van der Waals surface area contributed by atoms with Gasteiger partial charge in [-0.15, -0.1) is 0 Å². The molecule has 0 bridgehead atoms. The van der Waals surface area contributed by atoms with Crippen molar-refractivity contribution in [2.24, 2.45) is 0 Å². The number of carbonyl (C=O) groups excluding carboxylic acids is 1. The van der Waals surface area contributed by atoms with E-state index < -0.39 is 0 Å². The van der Waals surface area contributed by atoms with Crippen molar-refractivity contribution in [2.75, 3.05) is 18.0 Å². The number of halogens is 1. The molecule has 0 saturated carbocycles. The molecular formula is C18H21ClN4O. The van der Waals surface area contributed by atoms with Gasteiger partial charge in [0.15, 0.2) is 0 Å². The lowest BCUT2D eigenvalue weighted by atomic mass is 10.2. The van der Waals surface area contributed by atoms with Crippen LogP contribution in [-0.4, -0.2) is 29.0 Å². The SMILES string of the molecule is O=C(NCc1ccc(Cl)cc1)c1cnc(N2CCCCCC2)nc1. The fraction of sp³-hybridized carbons (Fsp3) is 0.389. The molecule has 5 nitrogen and oxygen atoms in total. The number of carbonyl (C=O) groups is 1. The van der Waals surface area contributed by atoms with Crippen LogP contribution in [0.1, 0.15) is 41.6 Å². The highest BCUT2D eigenvalue weighted by Crippen LogP contribution is 2.15. The average molecular weight is 345 g/mol. The molecule has 2 aromatic rings. The number of nitrogens with zero attached hydrogens (tertiary/aromatic N) is 3. The molecule has 0 unspecified atom stereocenters. The summed E-state index contributed by atoms with van der Waals surface area (Å²) in [6, 6.07) is 7.40. The van der Waals surface area contributed by atoms with Crippen molar-refractivity contribution in [1.29, 1.82) is 0 Å². The molecule has 1 aliphatic heterocycles. The van der Waals surface area contributed by atoms with Gasteiger partial charge in [-0.1, -0.05) is 36.6 Å². The lowest BCUT2D eigenvalue weighted by Gasteiger charge is -2.19. The summed E-state index contributed by atoms with van der Waals surface area (Å²) in [5.41, 5.74) is 1.47. The van der Waals surface area contributed by atoms with E-state index in [4.69, 9.17) is 11.6 Å². The van der Waals surface area contributed by atoms with Crippen LogP contribution in [0.5, 0.6) is 0 Å². The maximum absolute atomic E-state index is 12.2. The first kappa shape index (κ1) is 16.7. The van der Waals surface area contributed by atoms with Crippen LogP contribution in [0.3, 0.4) is 0 Å². The Morgan fingerprint density at radius 1 is 1.04 bits per heavy atom. The molecule has 1 aliphatic rings. The number of benzene rings is 1. The van der Waals surface area contributed by atoms with E-state index in [-0.39, 0.29) is 5.91 Å². The lowest BCUT2D eigenvalue weighted by Crippen LogP contribution is -2.27. The first-order valence-corrected chi connectivity index (χ1v) is 8.70. The zero-order valence-corrected chi connectivity index (χ0v) is 14.3. The van der Waals surface area contributed by atoms with Crippen LogP contribution in [-0.2, 0) is 6.54 Å². The number of aromatic nitrogens is 2. The smallest absolute Gasteiger partial charge is 0.254 e. The van der Waals surface area contributed by atoms with Gasteiger partial charge < -0.3 is 10.2 Å². The van der Waals surface area contributed by atoms with Gasteiger partial charge in [0.05, 0.1) is 5.56 Å². The predicted octanol–water partition coefficient (Wildman–Crippen LogP) is 3.44. The van der Waals surface area contributed by atoms with Gasteiger partial charge >= 0.3 is 0 Å². The van der Waals surface area contributed by atoms with Crippen molar-refractivity contribution in [2.45, 2.75) is 32.2 Å². The van der Waals surface area contributed by atoms with E-state index in [1.807, 2.05) is 24.3 Å². The molecule has 0 aliphatic carbocycles. The Hall–Kier alpha value is -2.14. The van der Waals surface area contributed by atoms with E-state index in [1.165, 1.54) is 25.7 Å². The van der Waals surface area contributed by atoms with Gasteiger partial charge in [0.1, 0.15) is 0 Å². The molecule has 2 heterocycles. The average Bonchev–Trinajstić information content (AvgIpc) is 2.90. The van der Waals surface area contributed by atoms with E-state index in [0.29, 0.717) is 23.1 Å². The minimum atomic E-state index is -0.174. The third kappa shape index (κ3) is 4.45. The maximum Gasteiger partial charge on any atom is 0.254 e. The Morgan fingerprint density at radius 2 is 1.67 bits per heavy atom. The van der Waals surface area contributed by atoms with Gasteiger partial charge in [-0.05, 0) is 30.5 Å². The van der Waals surface area contributed by atoms with Gasteiger partial charge in [0.25, 0.3) is 5.91 Å². The zero-order valence-electron chi connectivity index (χ0n) is 13.5. The summed E-state index contributed by atoms with van der Waals surface area (Å²) in [5.74, 6) is 0.540. The third-order valence-electron chi connectivity index (χ3n) is 4.16. The molecule has 1 aromatic carbocycles. The third-order valence-corrected chi connectivity index (χ3v) is 4.41. The van der Waals surface area contributed by atoms with E-state index in [1.54, 1.807) is 12.4 Å². The van der Waals surface area contributed by atoms with Crippen LogP contribution < -0.4 is 10.2 Å². The molecule has 1 fully saturated rings. The van der Waals surface area contributed by atoms with Crippen LogP contribution in [0.25, 0.3) is 0 Å². The van der Waals surface area contributed by atoms with E-state index in [2.05, 4.69) is 20.2 Å². The van der Waals surface area contributed by atoms with Crippen LogP contribution in [0.2, 0.25) is 5.02 Å². The first-order valence-electron chi connectivity index (χ1n) is 8.32. The highest BCUT2D eigenvalue weighted by atomic mass is 35.5. The number of rotatable bonds is 4. The highest BCUT2D eigenvalue weighted by Gasteiger charge is 2.13. The van der Waals surface area contributed by atoms with Crippen LogP contribution in [0.4, 0.5) is 5.95 Å². The minimum Gasteiger partial charge on any atom is -0.348 e. The van der Waals surface area contributed by atoms with E-state index in [9.17, 15) is 4.79 Å². The van der Waals surface area contributed by atoms with Crippen LogP contribution in [0.15, 0.2) is 36.7 Å². The quantitative estimate of drug-likeness (QED) is 0.923. The number of amides is 1. The molecule has 0 spiro atoms. The highest BCUT2D eigenvalue weighted by molar-refractivity contribution is 6.30. The molecule has 126 valence electrons. The van der Waals surface area contributed by atoms with Gasteiger partial charge in [0.2, 0.25) is 5.95 Å². The summed E-state index contributed by atoms with van der Waals surface area (Å²) in [6.07, 6.45) is 8.08. The molecule has 1 amide bonds. The Kier molecular flexibility index (Phi) is 5.64. The predicted molar refractivity (Wildman–Crippen MR) is 95.3 cm³/mol. The summed E-state index contributed by atoms with van der Waals surface area (Å²) in [5, 5.41) is 3.55. The summed E-state index contributed by atoms with van der Waals surface area (Å²) < 4.78 is 0. The summed E-state index contributed by atoms with van der Waals surface area (Å²) >= 11 is 5.85. The molecule has 6 heteroatoms. The number of hydrogen-bond donors (Lipinski definition) is 1. The second-order valence-electron chi connectivity index (χ2n) is 5.98. The summed E-state index contributed by atoms with van der Waals surface area (Å²) in [6.45, 7) is 2.42. The second kappa shape index (κ2) is 8.11. The normalized spacial score (nSPS) is 15.0. The molecular weight excluding hydrogens is 324 g/mol. The Labute approximate surface area is 147 Å². The second-order valence-corrected chi connectivity index (χ2v) is 6.42.